The second-order valence-corrected chi connectivity index (χ2v) is 5.13. The minimum atomic E-state index is -0.475. The van der Waals surface area contributed by atoms with Gasteiger partial charge in [-0.15, -0.1) is 0 Å². The summed E-state index contributed by atoms with van der Waals surface area (Å²) in [5.41, 5.74) is 2.09. The van der Waals surface area contributed by atoms with Gasteiger partial charge in [-0.25, -0.2) is 0 Å². The van der Waals surface area contributed by atoms with Gasteiger partial charge in [0.2, 0.25) is 5.91 Å². The van der Waals surface area contributed by atoms with Crippen LogP contribution in [-0.2, 0) is 4.79 Å². The van der Waals surface area contributed by atoms with Crippen LogP contribution >= 0.6 is 0 Å². The van der Waals surface area contributed by atoms with Crippen molar-refractivity contribution in [3.63, 3.8) is 0 Å². The Morgan fingerprint density at radius 3 is 2.58 bits per heavy atom. The number of carbonyl (C=O) groups is 1. The quantitative estimate of drug-likeness (QED) is 0.645. The minimum Gasteiger partial charge on any atom is -0.487 e. The van der Waals surface area contributed by atoms with Crippen molar-refractivity contribution in [3.05, 3.63) is 52.6 Å². The van der Waals surface area contributed by atoms with Gasteiger partial charge < -0.3 is 15.0 Å². The molecule has 0 aliphatic rings. The molecule has 1 N–H and O–H groups in total. The molecule has 2 rings (SSSR count). The van der Waals surface area contributed by atoms with Crippen LogP contribution < -0.4 is 15.0 Å². The van der Waals surface area contributed by atoms with Crippen molar-refractivity contribution < 1.29 is 14.5 Å². The van der Waals surface area contributed by atoms with E-state index in [0.717, 1.165) is 11.4 Å². The number of hydrogen-bond acceptors (Lipinski definition) is 5. The molecule has 0 fully saturated rings. The Morgan fingerprint density at radius 2 is 1.96 bits per heavy atom. The van der Waals surface area contributed by atoms with Crippen molar-refractivity contribution in [2.45, 2.75) is 13.8 Å². The number of nitrogens with zero attached hydrogens (tertiary/aromatic N) is 2. The summed E-state index contributed by atoms with van der Waals surface area (Å²) in [7, 11) is 1.69. The molecule has 2 aromatic carbocycles. The van der Waals surface area contributed by atoms with Gasteiger partial charge in [0.25, 0.3) is 0 Å². The number of hydrogen-bond donors (Lipinski definition) is 1. The van der Waals surface area contributed by atoms with Gasteiger partial charge in [-0.3, -0.25) is 14.9 Å². The van der Waals surface area contributed by atoms with Crippen LogP contribution in [0.4, 0.5) is 22.7 Å². The molecule has 7 nitrogen and oxygen atoms in total. The van der Waals surface area contributed by atoms with Crippen molar-refractivity contribution in [3.8, 4) is 5.75 Å². The van der Waals surface area contributed by atoms with E-state index in [1.54, 1.807) is 26.1 Å². The largest absolute Gasteiger partial charge is 0.487 e. The molecule has 0 aromatic heterocycles. The summed E-state index contributed by atoms with van der Waals surface area (Å²) in [5.74, 6) is 0.144. The fourth-order valence-electron chi connectivity index (χ4n) is 2.15. The standard InChI is InChI=1S/C17H19N3O4/c1-4-24-17-11-14(8-9-16(17)20(22)23)18-13-6-5-7-15(10-13)19(3)12(2)21/h5-11,18H,4H2,1-3H3. The van der Waals surface area contributed by atoms with Crippen molar-refractivity contribution in [1.82, 2.24) is 0 Å². The van der Waals surface area contributed by atoms with E-state index in [4.69, 9.17) is 4.74 Å². The van der Waals surface area contributed by atoms with E-state index in [9.17, 15) is 14.9 Å². The fraction of sp³-hybridized carbons (Fsp3) is 0.235. The van der Waals surface area contributed by atoms with Crippen molar-refractivity contribution >= 4 is 28.7 Å². The third-order valence-corrected chi connectivity index (χ3v) is 3.45. The van der Waals surface area contributed by atoms with Crippen molar-refractivity contribution in [1.29, 1.82) is 0 Å². The maximum absolute atomic E-state index is 11.5. The predicted octanol–water partition coefficient (Wildman–Crippen LogP) is 3.72. The minimum absolute atomic E-state index is 0.0684. The average Bonchev–Trinajstić information content (AvgIpc) is 2.54. The molecule has 0 saturated heterocycles. The van der Waals surface area contributed by atoms with Crippen molar-refractivity contribution in [2.75, 3.05) is 23.9 Å². The van der Waals surface area contributed by atoms with E-state index in [1.165, 1.54) is 17.9 Å². The number of nitro benzene ring substituents is 1. The highest BCUT2D eigenvalue weighted by Gasteiger charge is 2.15. The molecular weight excluding hydrogens is 310 g/mol. The molecule has 0 aliphatic carbocycles. The third kappa shape index (κ3) is 4.01. The van der Waals surface area contributed by atoms with Gasteiger partial charge >= 0.3 is 5.69 Å². The first-order valence-corrected chi connectivity index (χ1v) is 7.45. The topological polar surface area (TPSA) is 84.7 Å². The monoisotopic (exact) mass is 329 g/mol. The Balaban J connectivity index is 2.28. The molecule has 1 amide bonds. The lowest BCUT2D eigenvalue weighted by Gasteiger charge is -2.16. The normalized spacial score (nSPS) is 10.1. The van der Waals surface area contributed by atoms with Crippen LogP contribution in [0.25, 0.3) is 0 Å². The number of carbonyl (C=O) groups excluding carboxylic acids is 1. The number of rotatable bonds is 6. The van der Waals surface area contributed by atoms with E-state index >= 15 is 0 Å². The maximum Gasteiger partial charge on any atom is 0.311 e. The summed E-state index contributed by atoms with van der Waals surface area (Å²) in [5, 5.41) is 14.2. The first kappa shape index (κ1) is 17.3. The summed E-state index contributed by atoms with van der Waals surface area (Å²) in [6, 6.07) is 11.9. The zero-order valence-corrected chi connectivity index (χ0v) is 13.8. The van der Waals surface area contributed by atoms with Crippen LogP contribution in [0.15, 0.2) is 42.5 Å². The van der Waals surface area contributed by atoms with Gasteiger partial charge in [-0.05, 0) is 31.2 Å². The second-order valence-electron chi connectivity index (χ2n) is 5.13. The lowest BCUT2D eigenvalue weighted by Crippen LogP contribution is -2.22. The van der Waals surface area contributed by atoms with Gasteiger partial charge in [0.15, 0.2) is 5.75 Å². The van der Waals surface area contributed by atoms with Crippen LogP contribution in [0.1, 0.15) is 13.8 Å². The fourth-order valence-corrected chi connectivity index (χ4v) is 2.15. The number of nitrogens with one attached hydrogen (secondary N) is 1. The number of nitro groups is 1. The van der Waals surface area contributed by atoms with Gasteiger partial charge in [-0.1, -0.05) is 6.07 Å². The van der Waals surface area contributed by atoms with Gasteiger partial charge in [0, 0.05) is 43.2 Å². The highest BCUT2D eigenvalue weighted by molar-refractivity contribution is 5.91. The first-order chi connectivity index (χ1) is 11.4. The van der Waals surface area contributed by atoms with Crippen molar-refractivity contribution in [2.24, 2.45) is 0 Å². The first-order valence-electron chi connectivity index (χ1n) is 7.45. The SMILES string of the molecule is CCOc1cc(Nc2cccc(N(C)C(C)=O)c2)ccc1[N+](=O)[O-]. The Hall–Kier alpha value is -3.09. The molecule has 24 heavy (non-hydrogen) atoms. The molecule has 0 spiro atoms. The number of ether oxygens (including phenoxy) is 1. The molecule has 0 radical (unpaired) electrons. The molecule has 0 aliphatic heterocycles. The van der Waals surface area contributed by atoms with Gasteiger partial charge in [0.1, 0.15) is 0 Å². The number of benzene rings is 2. The zero-order chi connectivity index (χ0) is 17.7. The summed E-state index contributed by atoms with van der Waals surface area (Å²) >= 11 is 0. The molecule has 2 aromatic rings. The van der Waals surface area contributed by atoms with Crippen LogP contribution in [0.5, 0.6) is 5.75 Å². The molecule has 126 valence electrons. The molecule has 0 bridgehead atoms. The number of amides is 1. The average molecular weight is 329 g/mol. The Labute approximate surface area is 140 Å². The molecule has 0 saturated carbocycles. The van der Waals surface area contributed by atoms with Crippen LogP contribution in [0.3, 0.4) is 0 Å². The van der Waals surface area contributed by atoms with Gasteiger partial charge in [-0.2, -0.15) is 0 Å². The highest BCUT2D eigenvalue weighted by Crippen LogP contribution is 2.32. The Bertz CT molecular complexity index is 761. The highest BCUT2D eigenvalue weighted by atomic mass is 16.6. The lowest BCUT2D eigenvalue weighted by molar-refractivity contribution is -0.385. The van der Waals surface area contributed by atoms with E-state index in [1.807, 2.05) is 24.3 Å². The Morgan fingerprint density at radius 1 is 1.25 bits per heavy atom. The van der Waals surface area contributed by atoms with Crippen LogP contribution in [-0.4, -0.2) is 24.5 Å². The Kier molecular flexibility index (Phi) is 5.36. The summed E-state index contributed by atoms with van der Waals surface area (Å²) in [4.78, 5) is 23.5. The smallest absolute Gasteiger partial charge is 0.311 e. The van der Waals surface area contributed by atoms with Gasteiger partial charge in [0.05, 0.1) is 11.5 Å². The molecule has 0 atom stereocenters. The maximum atomic E-state index is 11.5. The summed E-state index contributed by atoms with van der Waals surface area (Å²) in [6.45, 7) is 3.60. The van der Waals surface area contributed by atoms with E-state index in [2.05, 4.69) is 5.32 Å². The van der Waals surface area contributed by atoms with E-state index < -0.39 is 4.92 Å². The third-order valence-electron chi connectivity index (χ3n) is 3.45. The summed E-state index contributed by atoms with van der Waals surface area (Å²) in [6.07, 6.45) is 0. The second kappa shape index (κ2) is 7.45. The van der Waals surface area contributed by atoms with Crippen LogP contribution in [0.2, 0.25) is 0 Å². The number of anilines is 3. The molecule has 0 heterocycles. The van der Waals surface area contributed by atoms with E-state index in [-0.39, 0.29) is 17.3 Å². The molecule has 0 unspecified atom stereocenters. The molecular formula is C17H19N3O4. The lowest BCUT2D eigenvalue weighted by atomic mass is 10.2. The summed E-state index contributed by atoms with van der Waals surface area (Å²) < 4.78 is 5.34. The predicted molar refractivity (Wildman–Crippen MR) is 93.1 cm³/mol. The van der Waals surface area contributed by atoms with E-state index in [0.29, 0.717) is 12.3 Å². The molecule has 7 heteroatoms. The van der Waals surface area contributed by atoms with Crippen LogP contribution in [0, 0.1) is 10.1 Å². The zero-order valence-electron chi connectivity index (χ0n) is 13.8.